The maximum atomic E-state index is 13.6. The van der Waals surface area contributed by atoms with Crippen molar-refractivity contribution in [3.05, 3.63) is 24.1 Å². The Labute approximate surface area is 80.4 Å². The molecule has 74 valence electrons. The number of hydrogen-bond donors (Lipinski definition) is 0. The summed E-state index contributed by atoms with van der Waals surface area (Å²) in [5.74, 6) is 0.0635. The Hall–Kier alpha value is -1.65. The molecular formula is C9H10FN3O. The van der Waals surface area contributed by atoms with Crippen LogP contribution in [0.15, 0.2) is 17.0 Å². The molecule has 5 heteroatoms. The monoisotopic (exact) mass is 195 g/mol. The van der Waals surface area contributed by atoms with Gasteiger partial charge in [0, 0.05) is 6.54 Å². The molecule has 0 aliphatic rings. The molecule has 0 bridgehead atoms. The van der Waals surface area contributed by atoms with Crippen molar-refractivity contribution in [3.63, 3.8) is 0 Å². The summed E-state index contributed by atoms with van der Waals surface area (Å²) in [4.78, 5) is 3.75. The van der Waals surface area contributed by atoms with Crippen molar-refractivity contribution >= 4 is 0 Å². The number of aryl methyl sites for hydroxylation is 2. The number of aromatic nitrogens is 3. The molecule has 0 aliphatic heterocycles. The lowest BCUT2D eigenvalue weighted by molar-refractivity contribution is 0.546. The molecule has 0 atom stereocenters. The summed E-state index contributed by atoms with van der Waals surface area (Å²) in [6.45, 7) is 4.12. The van der Waals surface area contributed by atoms with Crippen LogP contribution in [0.25, 0.3) is 11.5 Å². The molecule has 4 nitrogen and oxygen atoms in total. The average Bonchev–Trinajstić information content (AvgIpc) is 2.76. The molecule has 0 aromatic carbocycles. The van der Waals surface area contributed by atoms with Crippen molar-refractivity contribution in [1.82, 2.24) is 14.8 Å². The van der Waals surface area contributed by atoms with Crippen LogP contribution in [0.4, 0.5) is 4.39 Å². The third kappa shape index (κ3) is 1.21. The van der Waals surface area contributed by atoms with E-state index in [-0.39, 0.29) is 5.82 Å². The quantitative estimate of drug-likeness (QED) is 0.736. The molecule has 2 heterocycles. The first-order valence-electron chi connectivity index (χ1n) is 4.35. The van der Waals surface area contributed by atoms with Gasteiger partial charge in [-0.3, -0.25) is 4.68 Å². The Kier molecular flexibility index (Phi) is 2.07. The fourth-order valence-electron chi connectivity index (χ4n) is 1.36. The molecule has 14 heavy (non-hydrogen) atoms. The number of hydrogen-bond acceptors (Lipinski definition) is 3. The van der Waals surface area contributed by atoms with Crippen molar-refractivity contribution in [1.29, 1.82) is 0 Å². The summed E-state index contributed by atoms with van der Waals surface area (Å²) in [5.41, 5.74) is 0.737. The summed E-state index contributed by atoms with van der Waals surface area (Å²) in [6, 6.07) is 0. The van der Waals surface area contributed by atoms with Crippen LogP contribution in [0.2, 0.25) is 0 Å². The van der Waals surface area contributed by atoms with Gasteiger partial charge in [-0.15, -0.1) is 0 Å². The highest BCUT2D eigenvalue weighted by Crippen LogP contribution is 2.24. The second-order valence-corrected chi connectivity index (χ2v) is 2.93. The molecule has 0 fully saturated rings. The maximum absolute atomic E-state index is 13.6. The predicted molar refractivity (Wildman–Crippen MR) is 48.1 cm³/mol. The maximum Gasteiger partial charge on any atom is 0.181 e. The van der Waals surface area contributed by atoms with E-state index < -0.39 is 0 Å². The van der Waals surface area contributed by atoms with Crippen LogP contribution in [-0.2, 0) is 6.54 Å². The lowest BCUT2D eigenvalue weighted by atomic mass is 10.3. The zero-order valence-electron chi connectivity index (χ0n) is 7.99. The average molecular weight is 195 g/mol. The number of oxazole rings is 1. The van der Waals surface area contributed by atoms with Gasteiger partial charge in [-0.05, 0) is 13.8 Å². The van der Waals surface area contributed by atoms with E-state index in [2.05, 4.69) is 10.1 Å². The number of rotatable bonds is 2. The molecule has 2 rings (SSSR count). The smallest absolute Gasteiger partial charge is 0.181 e. The predicted octanol–water partition coefficient (Wildman–Crippen LogP) is 2.01. The fraction of sp³-hybridized carbons (Fsp3) is 0.333. The van der Waals surface area contributed by atoms with Gasteiger partial charge in [0.1, 0.15) is 5.69 Å². The largest absolute Gasteiger partial charge is 0.442 e. The first kappa shape index (κ1) is 8.93. The van der Waals surface area contributed by atoms with E-state index in [0.29, 0.717) is 23.7 Å². The van der Waals surface area contributed by atoms with E-state index in [9.17, 15) is 4.39 Å². The van der Waals surface area contributed by atoms with Gasteiger partial charge in [-0.25, -0.2) is 9.37 Å². The van der Waals surface area contributed by atoms with Crippen molar-refractivity contribution in [3.8, 4) is 11.5 Å². The van der Waals surface area contributed by atoms with Crippen LogP contribution in [0, 0.1) is 12.7 Å². The minimum absolute atomic E-state index is 0.344. The molecule has 0 spiro atoms. The van der Waals surface area contributed by atoms with Gasteiger partial charge in [0.15, 0.2) is 18.0 Å². The van der Waals surface area contributed by atoms with Gasteiger partial charge in [0.2, 0.25) is 0 Å². The van der Waals surface area contributed by atoms with Crippen LogP contribution in [-0.4, -0.2) is 14.8 Å². The summed E-state index contributed by atoms with van der Waals surface area (Å²) in [7, 11) is 0. The summed E-state index contributed by atoms with van der Waals surface area (Å²) >= 11 is 0. The molecule has 2 aromatic rings. The standard InChI is InChI=1S/C9H10FN3O/c1-3-13-9(7-4-11-5-14-7)8(10)6(2)12-13/h4-5H,3H2,1-2H3. The Morgan fingerprint density at radius 3 is 2.93 bits per heavy atom. The molecule has 0 N–H and O–H groups in total. The SMILES string of the molecule is CCn1nc(C)c(F)c1-c1cnco1. The summed E-state index contributed by atoms with van der Waals surface area (Å²) in [6.07, 6.45) is 2.75. The molecule has 0 saturated heterocycles. The molecule has 0 unspecified atom stereocenters. The lowest BCUT2D eigenvalue weighted by Gasteiger charge is -1.99. The third-order valence-corrected chi connectivity index (χ3v) is 2.02. The highest BCUT2D eigenvalue weighted by atomic mass is 19.1. The Morgan fingerprint density at radius 1 is 1.57 bits per heavy atom. The molecule has 0 radical (unpaired) electrons. The normalized spacial score (nSPS) is 10.8. The van der Waals surface area contributed by atoms with Gasteiger partial charge >= 0.3 is 0 Å². The van der Waals surface area contributed by atoms with E-state index in [4.69, 9.17) is 4.42 Å². The van der Waals surface area contributed by atoms with Crippen LogP contribution in [0.5, 0.6) is 0 Å². The molecule has 0 saturated carbocycles. The van der Waals surface area contributed by atoms with Gasteiger partial charge in [-0.2, -0.15) is 5.10 Å². The number of halogens is 1. The van der Waals surface area contributed by atoms with Crippen LogP contribution in [0.3, 0.4) is 0 Å². The minimum Gasteiger partial charge on any atom is -0.442 e. The Bertz CT molecular complexity index is 433. The minimum atomic E-state index is -0.344. The van der Waals surface area contributed by atoms with Crippen molar-refractivity contribution in [2.24, 2.45) is 0 Å². The van der Waals surface area contributed by atoms with Gasteiger partial charge in [0.25, 0.3) is 0 Å². The first-order valence-corrected chi connectivity index (χ1v) is 4.35. The third-order valence-electron chi connectivity index (χ3n) is 2.02. The van der Waals surface area contributed by atoms with Crippen molar-refractivity contribution in [2.45, 2.75) is 20.4 Å². The molecule has 0 aliphatic carbocycles. The molecule has 0 amide bonds. The second-order valence-electron chi connectivity index (χ2n) is 2.93. The highest BCUT2D eigenvalue weighted by Gasteiger charge is 2.18. The zero-order valence-corrected chi connectivity index (χ0v) is 7.99. The Morgan fingerprint density at radius 2 is 2.36 bits per heavy atom. The second kappa shape index (κ2) is 3.25. The zero-order chi connectivity index (χ0) is 10.1. The van der Waals surface area contributed by atoms with E-state index in [1.54, 1.807) is 11.6 Å². The topological polar surface area (TPSA) is 43.9 Å². The van der Waals surface area contributed by atoms with Crippen LogP contribution in [0.1, 0.15) is 12.6 Å². The fourth-order valence-corrected chi connectivity index (χ4v) is 1.36. The highest BCUT2D eigenvalue weighted by molar-refractivity contribution is 5.52. The van der Waals surface area contributed by atoms with Crippen molar-refractivity contribution in [2.75, 3.05) is 0 Å². The molecule has 2 aromatic heterocycles. The van der Waals surface area contributed by atoms with Gasteiger partial charge < -0.3 is 4.42 Å². The summed E-state index contributed by atoms with van der Waals surface area (Å²) in [5, 5.41) is 4.04. The van der Waals surface area contributed by atoms with E-state index >= 15 is 0 Å². The van der Waals surface area contributed by atoms with Gasteiger partial charge in [-0.1, -0.05) is 0 Å². The van der Waals surface area contributed by atoms with E-state index in [1.807, 2.05) is 6.92 Å². The van der Waals surface area contributed by atoms with E-state index in [1.165, 1.54) is 12.6 Å². The summed E-state index contributed by atoms with van der Waals surface area (Å²) < 4.78 is 20.2. The van der Waals surface area contributed by atoms with Crippen LogP contribution < -0.4 is 0 Å². The first-order chi connectivity index (χ1) is 6.74. The van der Waals surface area contributed by atoms with Gasteiger partial charge in [0.05, 0.1) is 11.9 Å². The lowest BCUT2D eigenvalue weighted by Crippen LogP contribution is -1.99. The number of nitrogens with zero attached hydrogens (tertiary/aromatic N) is 3. The molecular weight excluding hydrogens is 185 g/mol. The van der Waals surface area contributed by atoms with E-state index in [0.717, 1.165) is 0 Å². The van der Waals surface area contributed by atoms with Crippen LogP contribution >= 0.6 is 0 Å². The Balaban J connectivity index is 2.61. The van der Waals surface area contributed by atoms with Crippen molar-refractivity contribution < 1.29 is 8.81 Å².